The molecule has 1 aromatic carbocycles. The molecule has 2 bridgehead atoms. The lowest BCUT2D eigenvalue weighted by Gasteiger charge is -2.37. The summed E-state index contributed by atoms with van der Waals surface area (Å²) in [6.07, 6.45) is 3.94. The minimum Gasteiger partial charge on any atom is -0.481 e. The predicted molar refractivity (Wildman–Crippen MR) is 79.3 cm³/mol. The second-order valence-corrected chi connectivity index (χ2v) is 6.16. The Bertz CT molecular complexity index is 673. The van der Waals surface area contributed by atoms with E-state index in [-0.39, 0.29) is 12.2 Å². The fourth-order valence-corrected chi connectivity index (χ4v) is 3.66. The van der Waals surface area contributed by atoms with Crippen molar-refractivity contribution in [3.63, 3.8) is 0 Å². The summed E-state index contributed by atoms with van der Waals surface area (Å²) in [5, 5.41) is 12.1. The largest absolute Gasteiger partial charge is 0.481 e. The van der Waals surface area contributed by atoms with Crippen molar-refractivity contribution in [3.05, 3.63) is 35.9 Å². The smallest absolute Gasteiger partial charge is 0.213 e. The topological polar surface area (TPSA) is 51.6 Å². The highest BCUT2D eigenvalue weighted by atomic mass is 16.5. The molecule has 2 fully saturated rings. The molecule has 0 saturated carbocycles. The van der Waals surface area contributed by atoms with Crippen LogP contribution < -0.4 is 4.74 Å². The standard InChI is InChI=1S/C17H19NO3/c1-20-16-7-2-11-8-12(3-6-15(11)18-16)17(19)9-13-4-5-14(10-17)21-13/h2-3,6-8,13-14,19H,4-5,9-10H2,1H3. The maximum absolute atomic E-state index is 11.1. The number of ether oxygens (including phenoxy) is 2. The lowest BCUT2D eigenvalue weighted by molar-refractivity contribution is -0.115. The summed E-state index contributed by atoms with van der Waals surface area (Å²) < 4.78 is 11.0. The molecule has 110 valence electrons. The third-order valence-electron chi connectivity index (χ3n) is 4.74. The molecule has 0 amide bonds. The fraction of sp³-hybridized carbons (Fsp3) is 0.471. The molecule has 4 heteroatoms. The van der Waals surface area contributed by atoms with Crippen LogP contribution in [0.2, 0.25) is 0 Å². The van der Waals surface area contributed by atoms with Gasteiger partial charge in [0.15, 0.2) is 0 Å². The van der Waals surface area contributed by atoms with Crippen LogP contribution in [-0.2, 0) is 10.3 Å². The van der Waals surface area contributed by atoms with Gasteiger partial charge in [-0.3, -0.25) is 0 Å². The van der Waals surface area contributed by atoms with E-state index in [9.17, 15) is 5.11 Å². The van der Waals surface area contributed by atoms with Crippen molar-refractivity contribution in [3.8, 4) is 5.88 Å². The van der Waals surface area contributed by atoms with Gasteiger partial charge in [-0.2, -0.15) is 0 Å². The SMILES string of the molecule is COc1ccc2cc(C3(O)CC4CCC(C3)O4)ccc2n1. The quantitative estimate of drug-likeness (QED) is 0.922. The van der Waals surface area contributed by atoms with Gasteiger partial charge in [0.25, 0.3) is 0 Å². The highest BCUT2D eigenvalue weighted by Gasteiger charge is 2.44. The van der Waals surface area contributed by atoms with Crippen LogP contribution in [0.4, 0.5) is 0 Å². The molecular weight excluding hydrogens is 266 g/mol. The lowest BCUT2D eigenvalue weighted by Crippen LogP contribution is -2.38. The molecule has 0 spiro atoms. The Morgan fingerprint density at radius 3 is 2.67 bits per heavy atom. The Labute approximate surface area is 123 Å². The van der Waals surface area contributed by atoms with Crippen LogP contribution in [0.5, 0.6) is 5.88 Å². The van der Waals surface area contributed by atoms with Gasteiger partial charge in [-0.25, -0.2) is 4.98 Å². The first kappa shape index (κ1) is 13.0. The molecule has 2 aliphatic rings. The molecule has 4 rings (SSSR count). The zero-order valence-electron chi connectivity index (χ0n) is 12.1. The molecule has 0 radical (unpaired) electrons. The molecule has 1 aromatic heterocycles. The molecule has 2 saturated heterocycles. The van der Waals surface area contributed by atoms with Gasteiger partial charge in [-0.15, -0.1) is 0 Å². The van der Waals surface area contributed by atoms with E-state index in [2.05, 4.69) is 4.98 Å². The highest BCUT2D eigenvalue weighted by Crippen LogP contribution is 2.44. The minimum absolute atomic E-state index is 0.207. The number of aromatic nitrogens is 1. The monoisotopic (exact) mass is 285 g/mol. The van der Waals surface area contributed by atoms with Crippen molar-refractivity contribution < 1.29 is 14.6 Å². The zero-order chi connectivity index (χ0) is 14.4. The Balaban J connectivity index is 1.73. The van der Waals surface area contributed by atoms with Gasteiger partial charge in [0, 0.05) is 24.3 Å². The second-order valence-electron chi connectivity index (χ2n) is 6.16. The summed E-state index contributed by atoms with van der Waals surface area (Å²) >= 11 is 0. The van der Waals surface area contributed by atoms with E-state index >= 15 is 0 Å². The number of rotatable bonds is 2. The maximum atomic E-state index is 11.1. The molecule has 2 aliphatic heterocycles. The number of pyridine rings is 1. The van der Waals surface area contributed by atoms with E-state index in [0.29, 0.717) is 18.7 Å². The Hall–Kier alpha value is -1.65. The molecule has 4 nitrogen and oxygen atoms in total. The first-order chi connectivity index (χ1) is 10.2. The first-order valence-corrected chi connectivity index (χ1v) is 7.49. The van der Waals surface area contributed by atoms with Crippen LogP contribution in [0, 0.1) is 0 Å². The third kappa shape index (κ3) is 2.19. The van der Waals surface area contributed by atoms with Gasteiger partial charge >= 0.3 is 0 Å². The van der Waals surface area contributed by atoms with Crippen LogP contribution in [0.3, 0.4) is 0 Å². The summed E-state index contributed by atoms with van der Waals surface area (Å²) in [4.78, 5) is 4.42. The summed E-state index contributed by atoms with van der Waals surface area (Å²) in [6.45, 7) is 0. The van der Waals surface area contributed by atoms with Crippen molar-refractivity contribution in [2.24, 2.45) is 0 Å². The maximum Gasteiger partial charge on any atom is 0.213 e. The number of hydrogen-bond donors (Lipinski definition) is 1. The normalized spacial score (nSPS) is 31.5. The summed E-state index contributed by atoms with van der Waals surface area (Å²) in [5.41, 5.74) is 1.09. The van der Waals surface area contributed by atoms with Crippen LogP contribution in [0.1, 0.15) is 31.2 Å². The number of benzene rings is 1. The van der Waals surface area contributed by atoms with Crippen molar-refractivity contribution in [2.75, 3.05) is 7.11 Å². The molecule has 2 unspecified atom stereocenters. The van der Waals surface area contributed by atoms with Crippen molar-refractivity contribution >= 4 is 10.9 Å². The van der Waals surface area contributed by atoms with Crippen LogP contribution in [0.15, 0.2) is 30.3 Å². The van der Waals surface area contributed by atoms with Crippen LogP contribution >= 0.6 is 0 Å². The van der Waals surface area contributed by atoms with Gasteiger partial charge in [-0.1, -0.05) is 6.07 Å². The minimum atomic E-state index is -0.766. The Morgan fingerprint density at radius 1 is 1.19 bits per heavy atom. The Morgan fingerprint density at radius 2 is 1.95 bits per heavy atom. The third-order valence-corrected chi connectivity index (χ3v) is 4.74. The zero-order valence-corrected chi connectivity index (χ0v) is 12.1. The number of nitrogens with zero attached hydrogens (tertiary/aromatic N) is 1. The number of methoxy groups -OCH3 is 1. The van der Waals surface area contributed by atoms with Crippen molar-refractivity contribution in [1.29, 1.82) is 0 Å². The predicted octanol–water partition coefficient (Wildman–Crippen LogP) is 2.77. The molecule has 2 atom stereocenters. The van der Waals surface area contributed by atoms with E-state index in [1.807, 2.05) is 30.3 Å². The number of fused-ring (bicyclic) bond motifs is 3. The van der Waals surface area contributed by atoms with Crippen LogP contribution in [0.25, 0.3) is 10.9 Å². The molecule has 3 heterocycles. The summed E-state index contributed by atoms with van der Waals surface area (Å²) in [6, 6.07) is 9.83. The average Bonchev–Trinajstić information content (AvgIpc) is 2.85. The van der Waals surface area contributed by atoms with Gasteiger partial charge in [-0.05, 0) is 36.6 Å². The second kappa shape index (κ2) is 4.68. The van der Waals surface area contributed by atoms with Gasteiger partial charge in [0.2, 0.25) is 5.88 Å². The first-order valence-electron chi connectivity index (χ1n) is 7.49. The van der Waals surface area contributed by atoms with E-state index in [1.54, 1.807) is 7.11 Å². The molecule has 21 heavy (non-hydrogen) atoms. The Kier molecular flexibility index (Phi) is 2.91. The van der Waals surface area contributed by atoms with E-state index in [4.69, 9.17) is 9.47 Å². The molecular formula is C17H19NO3. The van der Waals surface area contributed by atoms with Crippen LogP contribution in [-0.4, -0.2) is 29.4 Å². The van der Waals surface area contributed by atoms with E-state index < -0.39 is 5.60 Å². The average molecular weight is 285 g/mol. The van der Waals surface area contributed by atoms with Crippen molar-refractivity contribution in [1.82, 2.24) is 4.98 Å². The summed E-state index contributed by atoms with van der Waals surface area (Å²) in [5.74, 6) is 0.609. The summed E-state index contributed by atoms with van der Waals surface area (Å²) in [7, 11) is 1.61. The highest BCUT2D eigenvalue weighted by molar-refractivity contribution is 5.80. The van der Waals surface area contributed by atoms with Crippen molar-refractivity contribution in [2.45, 2.75) is 43.5 Å². The molecule has 0 aliphatic carbocycles. The van der Waals surface area contributed by atoms with Gasteiger partial charge < -0.3 is 14.6 Å². The van der Waals surface area contributed by atoms with Gasteiger partial charge in [0.1, 0.15) is 0 Å². The molecule has 1 N–H and O–H groups in total. The number of aliphatic hydroxyl groups is 1. The van der Waals surface area contributed by atoms with Gasteiger partial charge in [0.05, 0.1) is 30.4 Å². The fourth-order valence-electron chi connectivity index (χ4n) is 3.66. The van der Waals surface area contributed by atoms with E-state index in [0.717, 1.165) is 29.3 Å². The lowest BCUT2D eigenvalue weighted by atomic mass is 9.83. The molecule has 2 aromatic rings. The number of hydrogen-bond acceptors (Lipinski definition) is 4. The van der Waals surface area contributed by atoms with E-state index in [1.165, 1.54) is 0 Å².